The molecule has 2 aliphatic heterocycles. The first-order chi connectivity index (χ1) is 11.8. The number of amides is 1. The number of carbonyl (C=O) groups is 1. The topological polar surface area (TPSA) is 74.8 Å². The fraction of sp³-hybridized carbons (Fsp3) is 0.556. The summed E-state index contributed by atoms with van der Waals surface area (Å²) in [5.41, 5.74) is 0.672. The van der Waals surface area contributed by atoms with Crippen molar-refractivity contribution in [2.24, 2.45) is 4.99 Å². The van der Waals surface area contributed by atoms with Crippen molar-refractivity contribution < 1.29 is 9.53 Å². The van der Waals surface area contributed by atoms with Crippen molar-refractivity contribution in [1.82, 2.24) is 16.0 Å². The molecule has 1 aromatic carbocycles. The van der Waals surface area contributed by atoms with E-state index in [1.54, 1.807) is 12.1 Å². The van der Waals surface area contributed by atoms with Crippen molar-refractivity contribution in [2.75, 3.05) is 19.6 Å². The molecule has 3 unspecified atom stereocenters. The number of nitrogens with one attached hydrogen (secondary N) is 3. The highest BCUT2D eigenvalue weighted by Crippen LogP contribution is 2.34. The van der Waals surface area contributed by atoms with Crippen LogP contribution in [0.4, 0.5) is 0 Å². The van der Waals surface area contributed by atoms with Gasteiger partial charge >= 0.3 is 0 Å². The molecule has 0 aliphatic carbocycles. The SMILES string of the molecule is CCNC(=NCCNC(=O)c1ccccc1)NC1CC2CCC1O2.I. The van der Waals surface area contributed by atoms with Crippen LogP contribution in [-0.2, 0) is 4.74 Å². The number of fused-ring (bicyclic) bond motifs is 2. The van der Waals surface area contributed by atoms with Crippen LogP contribution in [0.3, 0.4) is 0 Å². The quantitative estimate of drug-likeness (QED) is 0.264. The van der Waals surface area contributed by atoms with E-state index in [0.717, 1.165) is 25.3 Å². The lowest BCUT2D eigenvalue weighted by atomic mass is 9.96. The van der Waals surface area contributed by atoms with Crippen molar-refractivity contribution in [1.29, 1.82) is 0 Å². The monoisotopic (exact) mass is 458 g/mol. The number of guanidine groups is 1. The Morgan fingerprint density at radius 2 is 2.04 bits per heavy atom. The molecule has 0 saturated carbocycles. The average Bonchev–Trinajstić information content (AvgIpc) is 3.22. The normalized spacial score (nSPS) is 24.5. The number of ether oxygens (including phenoxy) is 1. The van der Waals surface area contributed by atoms with E-state index in [1.165, 1.54) is 6.42 Å². The molecule has 2 bridgehead atoms. The van der Waals surface area contributed by atoms with Crippen LogP contribution >= 0.6 is 24.0 Å². The summed E-state index contributed by atoms with van der Waals surface area (Å²) in [4.78, 5) is 16.5. The third-order valence-corrected chi connectivity index (χ3v) is 4.48. The second-order valence-corrected chi connectivity index (χ2v) is 6.24. The van der Waals surface area contributed by atoms with Crippen LogP contribution in [0.15, 0.2) is 35.3 Å². The Kier molecular flexibility index (Phi) is 7.95. The minimum atomic E-state index is -0.0646. The Hall–Kier alpha value is -1.35. The van der Waals surface area contributed by atoms with Crippen molar-refractivity contribution >= 4 is 35.8 Å². The molecule has 0 aromatic heterocycles. The molecule has 2 aliphatic rings. The molecule has 3 atom stereocenters. The van der Waals surface area contributed by atoms with E-state index in [-0.39, 0.29) is 29.9 Å². The number of nitrogens with zero attached hydrogens (tertiary/aromatic N) is 1. The smallest absolute Gasteiger partial charge is 0.251 e. The minimum absolute atomic E-state index is 0. The minimum Gasteiger partial charge on any atom is -0.373 e. The van der Waals surface area contributed by atoms with E-state index >= 15 is 0 Å². The fourth-order valence-electron chi connectivity index (χ4n) is 3.31. The maximum atomic E-state index is 12.0. The van der Waals surface area contributed by atoms with Crippen LogP contribution in [0.25, 0.3) is 0 Å². The Morgan fingerprint density at radius 1 is 1.24 bits per heavy atom. The highest BCUT2D eigenvalue weighted by Gasteiger charge is 2.41. The maximum Gasteiger partial charge on any atom is 0.251 e. The average molecular weight is 458 g/mol. The molecule has 0 radical (unpaired) electrons. The number of rotatable bonds is 6. The zero-order chi connectivity index (χ0) is 16.8. The van der Waals surface area contributed by atoms with Gasteiger partial charge in [-0.25, -0.2) is 0 Å². The number of halogens is 1. The number of carbonyl (C=O) groups excluding carboxylic acids is 1. The van der Waals surface area contributed by atoms with Gasteiger partial charge in [-0.1, -0.05) is 18.2 Å². The number of hydrogen-bond donors (Lipinski definition) is 3. The first kappa shape index (κ1) is 20.0. The molecule has 2 heterocycles. The van der Waals surface area contributed by atoms with Crippen LogP contribution in [0.2, 0.25) is 0 Å². The molecule has 7 heteroatoms. The number of aliphatic imine (C=N–C) groups is 1. The van der Waals surface area contributed by atoms with Gasteiger partial charge in [0.25, 0.3) is 5.91 Å². The molecule has 2 fully saturated rings. The van der Waals surface area contributed by atoms with Gasteiger partial charge in [0.05, 0.1) is 24.8 Å². The van der Waals surface area contributed by atoms with E-state index in [1.807, 2.05) is 25.1 Å². The Morgan fingerprint density at radius 3 is 2.68 bits per heavy atom. The first-order valence-electron chi connectivity index (χ1n) is 8.80. The van der Waals surface area contributed by atoms with E-state index in [2.05, 4.69) is 20.9 Å². The van der Waals surface area contributed by atoms with Gasteiger partial charge < -0.3 is 20.7 Å². The highest BCUT2D eigenvalue weighted by molar-refractivity contribution is 14.0. The van der Waals surface area contributed by atoms with E-state index in [9.17, 15) is 4.79 Å². The Labute approximate surface area is 166 Å². The van der Waals surface area contributed by atoms with Gasteiger partial charge in [-0.05, 0) is 38.3 Å². The predicted octanol–water partition coefficient (Wildman–Crippen LogP) is 1.91. The summed E-state index contributed by atoms with van der Waals surface area (Å²) in [6.45, 7) is 3.91. The molecule has 25 heavy (non-hydrogen) atoms. The van der Waals surface area contributed by atoms with Gasteiger partial charge in [0, 0.05) is 18.7 Å². The second kappa shape index (κ2) is 9.96. The van der Waals surface area contributed by atoms with Crippen molar-refractivity contribution in [3.8, 4) is 0 Å². The second-order valence-electron chi connectivity index (χ2n) is 6.24. The third kappa shape index (κ3) is 5.57. The summed E-state index contributed by atoms with van der Waals surface area (Å²) in [5.74, 6) is 0.734. The standard InChI is InChI=1S/C18H26N4O2.HI/c1-2-19-18(22-15-12-14-8-9-16(15)24-14)21-11-10-20-17(23)13-6-4-3-5-7-13;/h3-7,14-16H,2,8-12H2,1H3,(H,20,23)(H2,19,21,22);1H. The molecule has 6 nitrogen and oxygen atoms in total. The zero-order valence-corrected chi connectivity index (χ0v) is 16.9. The number of hydrogen-bond acceptors (Lipinski definition) is 3. The summed E-state index contributed by atoms with van der Waals surface area (Å²) >= 11 is 0. The molecule has 1 aromatic rings. The summed E-state index contributed by atoms with van der Waals surface area (Å²) in [7, 11) is 0. The van der Waals surface area contributed by atoms with Crippen LogP contribution < -0.4 is 16.0 Å². The number of benzene rings is 1. The van der Waals surface area contributed by atoms with E-state index in [4.69, 9.17) is 4.74 Å². The molecule has 0 spiro atoms. The Balaban J connectivity index is 0.00000225. The van der Waals surface area contributed by atoms with Gasteiger partial charge in [-0.15, -0.1) is 24.0 Å². The van der Waals surface area contributed by atoms with Crippen LogP contribution in [0.5, 0.6) is 0 Å². The molecule has 3 N–H and O–H groups in total. The Bertz CT molecular complexity index is 582. The van der Waals surface area contributed by atoms with Gasteiger partial charge in [-0.3, -0.25) is 9.79 Å². The lowest BCUT2D eigenvalue weighted by Crippen LogP contribution is -2.47. The molecular formula is C18H27IN4O2. The van der Waals surface area contributed by atoms with E-state index < -0.39 is 0 Å². The van der Waals surface area contributed by atoms with Crippen LogP contribution in [-0.4, -0.2) is 49.8 Å². The summed E-state index contributed by atoms with van der Waals surface area (Å²) in [5, 5.41) is 9.62. The van der Waals surface area contributed by atoms with Crippen LogP contribution in [0.1, 0.15) is 36.5 Å². The lowest BCUT2D eigenvalue weighted by molar-refractivity contribution is 0.0954. The van der Waals surface area contributed by atoms with Gasteiger partial charge in [0.1, 0.15) is 0 Å². The van der Waals surface area contributed by atoms with Crippen molar-refractivity contribution in [3.05, 3.63) is 35.9 Å². The van der Waals surface area contributed by atoms with E-state index in [0.29, 0.717) is 36.9 Å². The summed E-state index contributed by atoms with van der Waals surface area (Å²) < 4.78 is 5.87. The maximum absolute atomic E-state index is 12.0. The molecule has 2 saturated heterocycles. The molecule has 1 amide bonds. The largest absolute Gasteiger partial charge is 0.373 e. The first-order valence-corrected chi connectivity index (χ1v) is 8.80. The van der Waals surface area contributed by atoms with Gasteiger partial charge in [0.2, 0.25) is 0 Å². The predicted molar refractivity (Wildman–Crippen MR) is 110 cm³/mol. The van der Waals surface area contributed by atoms with Gasteiger partial charge in [-0.2, -0.15) is 0 Å². The van der Waals surface area contributed by atoms with Crippen molar-refractivity contribution in [2.45, 2.75) is 44.4 Å². The van der Waals surface area contributed by atoms with Crippen molar-refractivity contribution in [3.63, 3.8) is 0 Å². The molecule has 3 rings (SSSR count). The third-order valence-electron chi connectivity index (χ3n) is 4.48. The highest BCUT2D eigenvalue weighted by atomic mass is 127. The molecule has 138 valence electrons. The molecular weight excluding hydrogens is 431 g/mol. The van der Waals surface area contributed by atoms with Crippen LogP contribution in [0, 0.1) is 0 Å². The summed E-state index contributed by atoms with van der Waals surface area (Å²) in [6, 6.07) is 9.57. The lowest BCUT2D eigenvalue weighted by Gasteiger charge is -2.22. The zero-order valence-electron chi connectivity index (χ0n) is 14.5. The summed E-state index contributed by atoms with van der Waals surface area (Å²) in [6.07, 6.45) is 4.11. The fourth-order valence-corrected chi connectivity index (χ4v) is 3.31. The van der Waals surface area contributed by atoms with Gasteiger partial charge in [0.15, 0.2) is 5.96 Å².